The largest absolute Gasteiger partial charge is 0.453 e. The van der Waals surface area contributed by atoms with E-state index in [0.29, 0.717) is 16.0 Å². The Balaban J connectivity index is 1.83. The molecule has 12 nitrogen and oxygen atoms in total. The molecule has 0 radical (unpaired) electrons. The van der Waals surface area contributed by atoms with Crippen molar-refractivity contribution in [2.24, 2.45) is 5.73 Å². The molecule has 1 aromatic heterocycles. The number of rotatable bonds is 13. The molecule has 2 aromatic carbocycles. The summed E-state index contributed by atoms with van der Waals surface area (Å²) in [5.41, 5.74) is 6.23. The molecule has 1 atom stereocenters. The Kier molecular flexibility index (Phi) is 11.0. The number of methoxy groups -OCH3 is 1. The maximum atomic E-state index is 13.6. The Morgan fingerprint density at radius 2 is 1.77 bits per heavy atom. The van der Waals surface area contributed by atoms with Gasteiger partial charge in [0.05, 0.1) is 42.5 Å². The zero-order valence-electron chi connectivity index (χ0n) is 23.6. The van der Waals surface area contributed by atoms with E-state index in [1.807, 2.05) is 12.1 Å². The van der Waals surface area contributed by atoms with Gasteiger partial charge in [-0.05, 0) is 41.3 Å². The third kappa shape index (κ3) is 9.38. The first-order valence-electron chi connectivity index (χ1n) is 13.0. The van der Waals surface area contributed by atoms with Gasteiger partial charge in [0.25, 0.3) is 0 Å². The van der Waals surface area contributed by atoms with Crippen LogP contribution >= 0.6 is 11.3 Å². The number of hydrogen-bond acceptors (Lipinski definition) is 9. The second-order valence-electron chi connectivity index (χ2n) is 9.75. The lowest BCUT2D eigenvalue weighted by Crippen LogP contribution is -2.61. The molecular weight excluding hydrogens is 592 g/mol. The Labute approximate surface area is 253 Å². The Bertz CT molecular complexity index is 1650. The van der Waals surface area contributed by atoms with Crippen LogP contribution in [0, 0.1) is 16.7 Å². The predicted octanol–water partition coefficient (Wildman–Crippen LogP) is 2.08. The van der Waals surface area contributed by atoms with Gasteiger partial charge in [-0.15, -0.1) is 11.3 Å². The van der Waals surface area contributed by atoms with Crippen LogP contribution in [-0.4, -0.2) is 63.4 Å². The first-order chi connectivity index (χ1) is 20.4. The second-order valence-corrected chi connectivity index (χ2v) is 13.2. The molecule has 0 aliphatic carbocycles. The fourth-order valence-corrected chi connectivity index (χ4v) is 5.76. The molecule has 1 heterocycles. The summed E-state index contributed by atoms with van der Waals surface area (Å²) in [5, 5.41) is 24.6. The van der Waals surface area contributed by atoms with Crippen molar-refractivity contribution in [2.75, 3.05) is 25.7 Å². The number of alkyl carbamates (subject to hydrolysis) is 1. The summed E-state index contributed by atoms with van der Waals surface area (Å²) in [4.78, 5) is 39.9. The highest BCUT2D eigenvalue weighted by Crippen LogP contribution is 2.26. The van der Waals surface area contributed by atoms with Crippen molar-refractivity contribution < 1.29 is 27.5 Å². The maximum Gasteiger partial charge on any atom is 0.407 e. The summed E-state index contributed by atoms with van der Waals surface area (Å²) in [6.07, 6.45) is -0.346. The molecule has 226 valence electrons. The van der Waals surface area contributed by atoms with Crippen LogP contribution in [0.4, 0.5) is 4.79 Å². The van der Waals surface area contributed by atoms with E-state index in [0.717, 1.165) is 29.4 Å². The van der Waals surface area contributed by atoms with E-state index in [1.54, 1.807) is 48.5 Å². The van der Waals surface area contributed by atoms with Crippen molar-refractivity contribution in [3.05, 3.63) is 81.5 Å². The van der Waals surface area contributed by atoms with Crippen LogP contribution in [0.5, 0.6) is 0 Å². The molecule has 6 N–H and O–H groups in total. The second kappa shape index (κ2) is 14.4. The van der Waals surface area contributed by atoms with Crippen LogP contribution < -0.4 is 21.7 Å². The summed E-state index contributed by atoms with van der Waals surface area (Å²) in [7, 11) is -2.44. The smallest absolute Gasteiger partial charge is 0.407 e. The first-order valence-corrected chi connectivity index (χ1v) is 15.8. The minimum absolute atomic E-state index is 0.0833. The van der Waals surface area contributed by atoms with Gasteiger partial charge in [-0.25, -0.2) is 13.2 Å². The standard InChI is InChI=1S/C29H32N6O6S2/c1-41-28(38)35-29(13-14-43(2,39)40,15-19-7-9-20(10-8-19)23-6-4-3-5-21(23)16-30)27(37)34-18-25(36)33-17-22-11-12-24(42-22)26(31)32/h3-12H,13-15,17-18H2,1-2H3,(H3,31,32)(H,33,36)(H,34,37)(H,35,38). The summed E-state index contributed by atoms with van der Waals surface area (Å²) < 4.78 is 29.0. The molecule has 3 amide bonds. The minimum Gasteiger partial charge on any atom is -0.453 e. The molecule has 0 saturated carbocycles. The number of ether oxygens (including phenoxy) is 1. The van der Waals surface area contributed by atoms with Crippen molar-refractivity contribution >= 4 is 44.9 Å². The van der Waals surface area contributed by atoms with E-state index in [4.69, 9.17) is 15.9 Å². The fourth-order valence-electron chi connectivity index (χ4n) is 4.23. The Hall–Kier alpha value is -4.74. The number of hydrogen-bond donors (Lipinski definition) is 5. The van der Waals surface area contributed by atoms with Gasteiger partial charge in [0, 0.05) is 17.6 Å². The maximum absolute atomic E-state index is 13.6. The number of nitrogens with one attached hydrogen (secondary N) is 4. The van der Waals surface area contributed by atoms with Gasteiger partial charge in [0.15, 0.2) is 0 Å². The van der Waals surface area contributed by atoms with E-state index in [2.05, 4.69) is 22.0 Å². The third-order valence-corrected chi connectivity index (χ3v) is 8.54. The summed E-state index contributed by atoms with van der Waals surface area (Å²) in [6, 6.07) is 19.6. The van der Waals surface area contributed by atoms with E-state index in [-0.39, 0.29) is 25.2 Å². The molecular formula is C29H32N6O6S2. The molecule has 43 heavy (non-hydrogen) atoms. The third-order valence-electron chi connectivity index (χ3n) is 6.48. The number of thiophene rings is 1. The first kappa shape index (κ1) is 32.8. The number of amides is 3. The number of nitrogens with zero attached hydrogens (tertiary/aromatic N) is 1. The van der Waals surface area contributed by atoms with E-state index in [9.17, 15) is 28.1 Å². The molecule has 0 aliphatic rings. The fraction of sp³-hybridized carbons (Fsp3) is 0.276. The molecule has 0 aliphatic heterocycles. The zero-order valence-corrected chi connectivity index (χ0v) is 25.2. The van der Waals surface area contributed by atoms with Gasteiger partial charge in [-0.1, -0.05) is 42.5 Å². The van der Waals surface area contributed by atoms with Crippen molar-refractivity contribution in [3.63, 3.8) is 0 Å². The average Bonchev–Trinajstić information content (AvgIpc) is 3.47. The van der Waals surface area contributed by atoms with Gasteiger partial charge in [0.1, 0.15) is 21.2 Å². The van der Waals surface area contributed by atoms with Crippen molar-refractivity contribution in [1.29, 1.82) is 10.7 Å². The highest BCUT2D eigenvalue weighted by molar-refractivity contribution is 7.90. The number of nitriles is 1. The molecule has 3 rings (SSSR count). The van der Waals surface area contributed by atoms with E-state index < -0.39 is 45.6 Å². The number of amidine groups is 1. The van der Waals surface area contributed by atoms with Gasteiger partial charge in [-0.3, -0.25) is 15.0 Å². The summed E-state index contributed by atoms with van der Waals surface area (Å²) in [5.74, 6) is -1.81. The molecule has 1 unspecified atom stereocenters. The quantitative estimate of drug-likeness (QED) is 0.140. The number of benzene rings is 2. The predicted molar refractivity (Wildman–Crippen MR) is 163 cm³/mol. The van der Waals surface area contributed by atoms with Gasteiger partial charge in [0.2, 0.25) is 11.8 Å². The SMILES string of the molecule is COC(=O)NC(CCS(C)(=O)=O)(Cc1ccc(-c2ccccc2C#N)cc1)C(=O)NCC(=O)NCc1ccc(C(=N)N)s1. The Morgan fingerprint density at radius 1 is 1.07 bits per heavy atom. The molecule has 0 spiro atoms. The minimum atomic E-state index is -3.56. The number of sulfone groups is 1. The molecule has 3 aromatic rings. The summed E-state index contributed by atoms with van der Waals surface area (Å²) in [6.45, 7) is -0.301. The lowest BCUT2D eigenvalue weighted by atomic mass is 9.86. The number of nitrogens with two attached hydrogens (primary N) is 1. The lowest BCUT2D eigenvalue weighted by Gasteiger charge is -2.33. The highest BCUT2D eigenvalue weighted by atomic mass is 32.2. The molecule has 14 heteroatoms. The molecule has 0 fully saturated rings. The average molecular weight is 625 g/mol. The zero-order chi connectivity index (χ0) is 31.6. The Morgan fingerprint density at radius 3 is 2.37 bits per heavy atom. The number of nitrogen functional groups attached to an aromatic ring is 1. The monoisotopic (exact) mass is 624 g/mol. The highest BCUT2D eigenvalue weighted by Gasteiger charge is 2.41. The van der Waals surface area contributed by atoms with Crippen LogP contribution in [0.3, 0.4) is 0 Å². The van der Waals surface area contributed by atoms with Gasteiger partial charge < -0.3 is 26.4 Å². The normalized spacial score (nSPS) is 12.3. The number of carbonyl (C=O) groups is 3. The van der Waals surface area contributed by atoms with E-state index in [1.165, 1.54) is 11.3 Å². The molecule has 0 saturated heterocycles. The van der Waals surface area contributed by atoms with Gasteiger partial charge >= 0.3 is 6.09 Å². The van der Waals surface area contributed by atoms with Crippen LogP contribution in [0.25, 0.3) is 11.1 Å². The van der Waals surface area contributed by atoms with Crippen LogP contribution in [0.2, 0.25) is 0 Å². The van der Waals surface area contributed by atoms with Crippen LogP contribution in [0.1, 0.15) is 27.3 Å². The topological polar surface area (TPSA) is 204 Å². The van der Waals surface area contributed by atoms with Crippen molar-refractivity contribution in [2.45, 2.75) is 24.9 Å². The lowest BCUT2D eigenvalue weighted by molar-refractivity contribution is -0.130. The van der Waals surface area contributed by atoms with Crippen molar-refractivity contribution in [3.8, 4) is 17.2 Å². The number of carbonyl (C=O) groups excluding carboxylic acids is 3. The van der Waals surface area contributed by atoms with Crippen LogP contribution in [0.15, 0.2) is 60.7 Å². The van der Waals surface area contributed by atoms with E-state index >= 15 is 0 Å². The van der Waals surface area contributed by atoms with Crippen LogP contribution in [-0.2, 0) is 37.1 Å². The van der Waals surface area contributed by atoms with Crippen molar-refractivity contribution in [1.82, 2.24) is 16.0 Å². The molecule has 0 bridgehead atoms. The van der Waals surface area contributed by atoms with Gasteiger partial charge in [-0.2, -0.15) is 5.26 Å². The summed E-state index contributed by atoms with van der Waals surface area (Å²) >= 11 is 1.25.